The van der Waals surface area contributed by atoms with Gasteiger partial charge in [0.05, 0.1) is 30.0 Å². The molecule has 34 heavy (non-hydrogen) atoms. The zero-order valence-electron chi connectivity index (χ0n) is 19.1. The van der Waals surface area contributed by atoms with Crippen LogP contribution >= 0.6 is 11.8 Å². The van der Waals surface area contributed by atoms with Crippen molar-refractivity contribution in [2.75, 3.05) is 25.6 Å². The first-order chi connectivity index (χ1) is 16.3. The van der Waals surface area contributed by atoms with Gasteiger partial charge >= 0.3 is 11.9 Å². The van der Waals surface area contributed by atoms with Crippen molar-refractivity contribution in [3.05, 3.63) is 59.7 Å². The molecule has 0 bridgehead atoms. The molecule has 1 aliphatic heterocycles. The third-order valence-corrected chi connectivity index (χ3v) is 6.02. The van der Waals surface area contributed by atoms with Crippen LogP contribution in [0.25, 0.3) is 0 Å². The molecule has 0 unspecified atom stereocenters. The molecular formula is C24H25N3O6S. The molecule has 2 amide bonds. The van der Waals surface area contributed by atoms with Gasteiger partial charge in [-0.15, -0.1) is 0 Å². The lowest BCUT2D eigenvalue weighted by atomic mass is 10.2. The summed E-state index contributed by atoms with van der Waals surface area (Å²) in [6, 6.07) is 12.9. The van der Waals surface area contributed by atoms with E-state index in [1.807, 2.05) is 0 Å². The number of amides is 2. The van der Waals surface area contributed by atoms with E-state index in [0.29, 0.717) is 34.3 Å². The van der Waals surface area contributed by atoms with Crippen LogP contribution in [0.1, 0.15) is 41.0 Å². The zero-order chi connectivity index (χ0) is 24.7. The number of carbonyl (C=O) groups is 4. The van der Waals surface area contributed by atoms with Crippen LogP contribution in [0.2, 0.25) is 0 Å². The molecule has 2 aromatic rings. The highest BCUT2D eigenvalue weighted by Crippen LogP contribution is 2.31. The SMILES string of the molecule is CCOC(=O)c1ccc(N=C2S[C@@H](CC(=O)Nc3ccc(C(=O)OCC)cc3)C(=O)N2C)cc1. The molecule has 1 saturated heterocycles. The van der Waals surface area contributed by atoms with Gasteiger partial charge in [0, 0.05) is 19.2 Å². The number of thioether (sulfide) groups is 1. The number of amidine groups is 1. The second kappa shape index (κ2) is 11.5. The highest BCUT2D eigenvalue weighted by atomic mass is 32.2. The van der Waals surface area contributed by atoms with E-state index in [4.69, 9.17) is 9.47 Å². The van der Waals surface area contributed by atoms with Crippen LogP contribution in [-0.4, -0.2) is 59.3 Å². The highest BCUT2D eigenvalue weighted by molar-refractivity contribution is 8.15. The van der Waals surface area contributed by atoms with E-state index in [9.17, 15) is 19.2 Å². The molecule has 0 radical (unpaired) electrons. The van der Waals surface area contributed by atoms with Crippen LogP contribution in [0.15, 0.2) is 53.5 Å². The van der Waals surface area contributed by atoms with Gasteiger partial charge in [-0.1, -0.05) is 11.8 Å². The Labute approximate surface area is 201 Å². The fourth-order valence-corrected chi connectivity index (χ4v) is 4.23. The van der Waals surface area contributed by atoms with Crippen molar-refractivity contribution in [3.63, 3.8) is 0 Å². The van der Waals surface area contributed by atoms with Crippen LogP contribution < -0.4 is 5.32 Å². The normalized spacial score (nSPS) is 16.4. The summed E-state index contributed by atoms with van der Waals surface area (Å²) in [4.78, 5) is 54.5. The molecule has 10 heteroatoms. The minimum absolute atomic E-state index is 0.0334. The third-order valence-electron chi connectivity index (χ3n) is 4.79. The fourth-order valence-electron chi connectivity index (χ4n) is 3.08. The van der Waals surface area contributed by atoms with E-state index in [1.165, 1.54) is 16.7 Å². The van der Waals surface area contributed by atoms with Crippen LogP contribution in [0.5, 0.6) is 0 Å². The maximum absolute atomic E-state index is 12.6. The molecule has 1 fully saturated rings. The Bertz CT molecular complexity index is 1100. The van der Waals surface area contributed by atoms with Gasteiger partial charge in [0.25, 0.3) is 0 Å². The molecule has 2 aromatic carbocycles. The maximum Gasteiger partial charge on any atom is 0.338 e. The van der Waals surface area contributed by atoms with E-state index in [1.54, 1.807) is 69.4 Å². The molecule has 178 valence electrons. The van der Waals surface area contributed by atoms with Crippen molar-refractivity contribution in [1.29, 1.82) is 0 Å². The average Bonchev–Trinajstić information content (AvgIpc) is 3.08. The van der Waals surface area contributed by atoms with Gasteiger partial charge in [-0.25, -0.2) is 14.6 Å². The first-order valence-electron chi connectivity index (χ1n) is 10.7. The van der Waals surface area contributed by atoms with Crippen LogP contribution in [0.4, 0.5) is 11.4 Å². The van der Waals surface area contributed by atoms with Crippen molar-refractivity contribution in [3.8, 4) is 0 Å². The van der Waals surface area contributed by atoms with Gasteiger partial charge in [0.1, 0.15) is 5.25 Å². The predicted octanol–water partition coefficient (Wildman–Crippen LogP) is 3.63. The molecule has 3 rings (SSSR count). The number of hydrogen-bond donors (Lipinski definition) is 1. The Morgan fingerprint density at radius 3 is 2.00 bits per heavy atom. The van der Waals surface area contributed by atoms with Gasteiger partial charge in [0.2, 0.25) is 11.8 Å². The monoisotopic (exact) mass is 483 g/mol. The number of anilines is 1. The number of nitrogens with zero attached hydrogens (tertiary/aromatic N) is 2. The number of benzene rings is 2. The van der Waals surface area contributed by atoms with Crippen LogP contribution in [-0.2, 0) is 19.1 Å². The first-order valence-corrected chi connectivity index (χ1v) is 11.6. The lowest BCUT2D eigenvalue weighted by Crippen LogP contribution is -2.30. The zero-order valence-corrected chi connectivity index (χ0v) is 19.9. The third kappa shape index (κ3) is 6.22. The van der Waals surface area contributed by atoms with Crippen molar-refractivity contribution in [2.24, 2.45) is 4.99 Å². The van der Waals surface area contributed by atoms with E-state index >= 15 is 0 Å². The summed E-state index contributed by atoms with van der Waals surface area (Å²) in [5, 5.41) is 2.59. The number of ether oxygens (including phenoxy) is 2. The van der Waals surface area contributed by atoms with Crippen molar-refractivity contribution >= 4 is 52.1 Å². The van der Waals surface area contributed by atoms with Gasteiger partial charge in [-0.2, -0.15) is 0 Å². The summed E-state index contributed by atoms with van der Waals surface area (Å²) in [6.45, 7) is 4.04. The Kier molecular flexibility index (Phi) is 8.42. The number of hydrogen-bond acceptors (Lipinski definition) is 8. The standard InChI is InChI=1S/C24H25N3O6S/c1-4-32-22(30)15-6-10-17(11-7-15)25-20(28)14-19-21(29)27(3)24(34-19)26-18-12-8-16(9-13-18)23(31)33-5-2/h6-13,19H,4-5,14H2,1-3H3,(H,25,28)/t19-/m0/s1. The first kappa shape index (κ1) is 25.0. The molecule has 0 aliphatic carbocycles. The summed E-state index contributed by atoms with van der Waals surface area (Å²) in [6.07, 6.45) is -0.0334. The molecule has 1 aliphatic rings. The lowest BCUT2D eigenvalue weighted by Gasteiger charge is -2.10. The lowest BCUT2D eigenvalue weighted by molar-refractivity contribution is -0.127. The quantitative estimate of drug-likeness (QED) is 0.570. The number of esters is 2. The van der Waals surface area contributed by atoms with Crippen LogP contribution in [0.3, 0.4) is 0 Å². The van der Waals surface area contributed by atoms with Gasteiger partial charge in [-0.3, -0.25) is 14.5 Å². The minimum Gasteiger partial charge on any atom is -0.462 e. The highest BCUT2D eigenvalue weighted by Gasteiger charge is 2.37. The number of rotatable bonds is 8. The smallest absolute Gasteiger partial charge is 0.338 e. The number of aliphatic imine (C=N–C) groups is 1. The molecule has 0 aromatic heterocycles. The Balaban J connectivity index is 1.60. The maximum atomic E-state index is 12.6. The van der Waals surface area contributed by atoms with E-state index in [-0.39, 0.29) is 24.8 Å². The Morgan fingerprint density at radius 2 is 1.47 bits per heavy atom. The summed E-state index contributed by atoms with van der Waals surface area (Å²) < 4.78 is 9.90. The molecule has 1 atom stereocenters. The molecule has 1 N–H and O–H groups in total. The van der Waals surface area contributed by atoms with E-state index in [2.05, 4.69) is 10.3 Å². The van der Waals surface area contributed by atoms with Crippen molar-refractivity contribution < 1.29 is 28.7 Å². The van der Waals surface area contributed by atoms with Gasteiger partial charge in [0.15, 0.2) is 5.17 Å². The second-order valence-corrected chi connectivity index (χ2v) is 8.39. The van der Waals surface area contributed by atoms with Crippen molar-refractivity contribution in [1.82, 2.24) is 4.90 Å². The molecular weight excluding hydrogens is 458 g/mol. The minimum atomic E-state index is -0.610. The summed E-state index contributed by atoms with van der Waals surface area (Å²) in [5.74, 6) is -1.40. The molecule has 0 spiro atoms. The number of carbonyl (C=O) groups excluding carboxylic acids is 4. The summed E-state index contributed by atoms with van der Waals surface area (Å²) >= 11 is 1.20. The van der Waals surface area contributed by atoms with Gasteiger partial charge in [-0.05, 0) is 62.4 Å². The van der Waals surface area contributed by atoms with Crippen LogP contribution in [0, 0.1) is 0 Å². The predicted molar refractivity (Wildman–Crippen MR) is 129 cm³/mol. The Hall–Kier alpha value is -3.66. The van der Waals surface area contributed by atoms with E-state index < -0.39 is 17.2 Å². The molecule has 9 nitrogen and oxygen atoms in total. The fraction of sp³-hybridized carbons (Fsp3) is 0.292. The van der Waals surface area contributed by atoms with E-state index in [0.717, 1.165) is 0 Å². The largest absolute Gasteiger partial charge is 0.462 e. The topological polar surface area (TPSA) is 114 Å². The molecule has 1 heterocycles. The second-order valence-electron chi connectivity index (χ2n) is 7.22. The number of nitrogens with one attached hydrogen (secondary N) is 1. The average molecular weight is 484 g/mol. The molecule has 0 saturated carbocycles. The van der Waals surface area contributed by atoms with Crippen molar-refractivity contribution in [2.45, 2.75) is 25.5 Å². The Morgan fingerprint density at radius 1 is 0.941 bits per heavy atom. The van der Waals surface area contributed by atoms with Gasteiger partial charge < -0.3 is 14.8 Å². The summed E-state index contributed by atoms with van der Waals surface area (Å²) in [5.41, 5.74) is 1.89. The summed E-state index contributed by atoms with van der Waals surface area (Å²) in [7, 11) is 1.60.